The number of rotatable bonds is 4. The number of aromatic nitrogens is 4. The maximum absolute atomic E-state index is 12.6. The SMILES string of the molecule is CC(C)(C)N(C(=O)O)C1(c2ccc(-c3c(-c4ccc5ncccc5c4)nc4n3-c3cccnc3Nc3ccccc3-4)cc2)CCC1. The van der Waals surface area contributed by atoms with Crippen molar-refractivity contribution < 1.29 is 9.90 Å². The van der Waals surface area contributed by atoms with Crippen molar-refractivity contribution in [3.63, 3.8) is 0 Å². The van der Waals surface area contributed by atoms with Gasteiger partial charge in [-0.25, -0.2) is 14.8 Å². The first-order chi connectivity index (χ1) is 22.2. The number of para-hydroxylation sites is 1. The van der Waals surface area contributed by atoms with Crippen molar-refractivity contribution in [1.29, 1.82) is 0 Å². The van der Waals surface area contributed by atoms with Gasteiger partial charge in [0.15, 0.2) is 5.82 Å². The van der Waals surface area contributed by atoms with Crippen LogP contribution in [0.15, 0.2) is 103 Å². The molecule has 0 spiro atoms. The van der Waals surface area contributed by atoms with Crippen molar-refractivity contribution in [3.8, 4) is 39.6 Å². The average molecular weight is 607 g/mol. The zero-order valence-electron chi connectivity index (χ0n) is 26.0. The lowest BCUT2D eigenvalue weighted by Gasteiger charge is -2.54. The first-order valence-electron chi connectivity index (χ1n) is 15.7. The van der Waals surface area contributed by atoms with Crippen LogP contribution in [0.1, 0.15) is 45.6 Å². The van der Waals surface area contributed by atoms with Gasteiger partial charge in [0, 0.05) is 40.0 Å². The minimum absolute atomic E-state index is 0.539. The molecule has 0 radical (unpaired) electrons. The molecule has 3 aromatic heterocycles. The molecule has 1 fully saturated rings. The van der Waals surface area contributed by atoms with Crippen molar-refractivity contribution in [2.24, 2.45) is 0 Å². The number of imidazole rings is 1. The van der Waals surface area contributed by atoms with E-state index in [9.17, 15) is 9.90 Å². The predicted molar refractivity (Wildman–Crippen MR) is 181 cm³/mol. The number of carboxylic acid groups (broad SMARTS) is 1. The Kier molecular flexibility index (Phi) is 6.25. The Balaban J connectivity index is 1.37. The highest BCUT2D eigenvalue weighted by Crippen LogP contribution is 2.50. The van der Waals surface area contributed by atoms with Gasteiger partial charge in [-0.2, -0.15) is 0 Å². The number of hydrogen-bond acceptors (Lipinski definition) is 5. The maximum Gasteiger partial charge on any atom is 0.408 e. The van der Waals surface area contributed by atoms with Crippen LogP contribution < -0.4 is 5.32 Å². The largest absolute Gasteiger partial charge is 0.465 e. The first kappa shape index (κ1) is 28.0. The lowest BCUT2D eigenvalue weighted by molar-refractivity contribution is -0.0328. The van der Waals surface area contributed by atoms with Gasteiger partial charge >= 0.3 is 6.09 Å². The predicted octanol–water partition coefficient (Wildman–Crippen LogP) is 9.03. The second kappa shape index (κ2) is 10.3. The number of amides is 1. The zero-order chi connectivity index (χ0) is 31.6. The van der Waals surface area contributed by atoms with Crippen LogP contribution in [0.4, 0.5) is 16.3 Å². The zero-order valence-corrected chi connectivity index (χ0v) is 26.0. The number of pyridine rings is 2. The Hall–Kier alpha value is -5.50. The fourth-order valence-electron chi connectivity index (χ4n) is 7.32. The second-order valence-electron chi connectivity index (χ2n) is 13.2. The van der Waals surface area contributed by atoms with E-state index in [4.69, 9.17) is 9.97 Å². The molecule has 2 N–H and O–H groups in total. The van der Waals surface area contributed by atoms with Gasteiger partial charge in [0.2, 0.25) is 0 Å². The lowest BCUT2D eigenvalue weighted by atomic mass is 9.69. The quantitative estimate of drug-likeness (QED) is 0.208. The molecule has 4 heterocycles. The molecule has 0 atom stereocenters. The van der Waals surface area contributed by atoms with Gasteiger partial charge in [0.1, 0.15) is 5.82 Å². The van der Waals surface area contributed by atoms with Crippen LogP contribution >= 0.6 is 0 Å². The third-order valence-electron chi connectivity index (χ3n) is 9.37. The Morgan fingerprint density at radius 3 is 2.37 bits per heavy atom. The summed E-state index contributed by atoms with van der Waals surface area (Å²) in [7, 11) is 0. The van der Waals surface area contributed by atoms with Crippen molar-refractivity contribution in [2.75, 3.05) is 5.32 Å². The van der Waals surface area contributed by atoms with Gasteiger partial charge in [-0.05, 0) is 88.1 Å². The minimum atomic E-state index is -0.888. The van der Waals surface area contributed by atoms with Gasteiger partial charge in [-0.3, -0.25) is 14.5 Å². The molecule has 3 aromatic carbocycles. The summed E-state index contributed by atoms with van der Waals surface area (Å²) in [6, 6.07) is 30.9. The van der Waals surface area contributed by atoms with E-state index >= 15 is 0 Å². The number of benzene rings is 3. The summed E-state index contributed by atoms with van der Waals surface area (Å²) >= 11 is 0. The molecule has 8 rings (SSSR count). The van der Waals surface area contributed by atoms with Gasteiger partial charge < -0.3 is 10.4 Å². The fourth-order valence-corrected chi connectivity index (χ4v) is 7.32. The summed E-state index contributed by atoms with van der Waals surface area (Å²) in [6.07, 6.45) is 5.31. The van der Waals surface area contributed by atoms with E-state index in [1.807, 2.05) is 57.3 Å². The summed E-state index contributed by atoms with van der Waals surface area (Å²) in [4.78, 5) is 28.9. The van der Waals surface area contributed by atoms with Gasteiger partial charge in [-0.1, -0.05) is 48.5 Å². The minimum Gasteiger partial charge on any atom is -0.465 e. The normalized spacial score (nSPS) is 14.7. The summed E-state index contributed by atoms with van der Waals surface area (Å²) in [5.41, 5.74) is 7.40. The molecule has 8 heteroatoms. The van der Waals surface area contributed by atoms with Gasteiger partial charge in [0.05, 0.1) is 33.8 Å². The molecule has 8 nitrogen and oxygen atoms in total. The molecule has 0 bridgehead atoms. The summed E-state index contributed by atoms with van der Waals surface area (Å²) in [5, 5.41) is 14.9. The number of nitrogens with zero attached hydrogens (tertiary/aromatic N) is 5. The summed E-state index contributed by atoms with van der Waals surface area (Å²) < 4.78 is 2.21. The van der Waals surface area contributed by atoms with Crippen LogP contribution in [0.25, 0.3) is 50.5 Å². The molecule has 0 saturated heterocycles. The number of nitrogens with one attached hydrogen (secondary N) is 1. The molecule has 1 aliphatic heterocycles. The number of carbonyl (C=O) groups is 1. The topological polar surface area (TPSA) is 96.2 Å². The highest BCUT2D eigenvalue weighted by Gasteiger charge is 2.50. The van der Waals surface area contributed by atoms with Crippen molar-refractivity contribution >= 4 is 28.5 Å². The highest BCUT2D eigenvalue weighted by molar-refractivity contribution is 5.93. The Bertz CT molecular complexity index is 2140. The molecule has 46 heavy (non-hydrogen) atoms. The number of fused-ring (bicyclic) bond motifs is 6. The Morgan fingerprint density at radius 1 is 0.891 bits per heavy atom. The van der Waals surface area contributed by atoms with Crippen LogP contribution in [-0.4, -0.2) is 41.2 Å². The van der Waals surface area contributed by atoms with E-state index in [1.165, 1.54) is 0 Å². The van der Waals surface area contributed by atoms with Crippen LogP contribution in [0, 0.1) is 0 Å². The molecule has 1 amide bonds. The highest BCUT2D eigenvalue weighted by atomic mass is 16.4. The molecule has 228 valence electrons. The van der Waals surface area contributed by atoms with Crippen LogP contribution in [0.2, 0.25) is 0 Å². The standard InChI is InChI=1S/C38H34N6O2/c1-37(2,3)44(36(45)46)38(19-8-20-38)27-16-13-24(14-17-27)33-32(26-15-18-29-25(23-26)9-6-21-39-29)42-35-28-10-4-5-11-30(28)41-34-31(43(33)35)12-7-22-40-34/h4-7,9-18,21-23H,8,19-20H2,1-3H3,(H,40,41)(H,45,46). The third-order valence-corrected chi connectivity index (χ3v) is 9.37. The van der Waals surface area contributed by atoms with E-state index in [1.54, 1.807) is 11.1 Å². The van der Waals surface area contributed by atoms with Crippen molar-refractivity contribution in [3.05, 3.63) is 109 Å². The molecule has 2 aliphatic rings. The Morgan fingerprint density at radius 2 is 1.63 bits per heavy atom. The van der Waals surface area contributed by atoms with Crippen LogP contribution in [0.5, 0.6) is 0 Å². The van der Waals surface area contributed by atoms with Gasteiger partial charge in [0.25, 0.3) is 0 Å². The van der Waals surface area contributed by atoms with Crippen LogP contribution in [-0.2, 0) is 5.54 Å². The lowest BCUT2D eigenvalue weighted by Crippen LogP contribution is -2.60. The number of hydrogen-bond donors (Lipinski definition) is 2. The Labute approximate surface area is 267 Å². The second-order valence-corrected chi connectivity index (χ2v) is 13.2. The maximum atomic E-state index is 12.6. The molecule has 1 aliphatic carbocycles. The smallest absolute Gasteiger partial charge is 0.408 e. The van der Waals surface area contributed by atoms with Gasteiger partial charge in [-0.15, -0.1) is 0 Å². The monoisotopic (exact) mass is 606 g/mol. The van der Waals surface area contributed by atoms with Crippen molar-refractivity contribution in [2.45, 2.75) is 51.1 Å². The summed E-state index contributed by atoms with van der Waals surface area (Å²) in [5.74, 6) is 1.56. The average Bonchev–Trinajstić information content (AvgIpc) is 3.36. The third kappa shape index (κ3) is 4.28. The molecule has 0 unspecified atom stereocenters. The number of anilines is 2. The fraction of sp³-hybridized carbons (Fsp3) is 0.211. The molecule has 1 saturated carbocycles. The summed E-state index contributed by atoms with van der Waals surface area (Å²) in [6.45, 7) is 5.92. The van der Waals surface area contributed by atoms with Crippen molar-refractivity contribution in [1.82, 2.24) is 24.4 Å². The van der Waals surface area contributed by atoms with E-state index in [-0.39, 0.29) is 0 Å². The first-order valence-corrected chi connectivity index (χ1v) is 15.7. The molecular formula is C38H34N6O2. The van der Waals surface area contributed by atoms with E-state index in [0.717, 1.165) is 86.8 Å². The molecule has 6 aromatic rings. The molecular weight excluding hydrogens is 572 g/mol. The van der Waals surface area contributed by atoms with E-state index < -0.39 is 17.2 Å². The van der Waals surface area contributed by atoms with E-state index in [2.05, 4.69) is 75.5 Å². The van der Waals surface area contributed by atoms with Crippen LogP contribution in [0.3, 0.4) is 0 Å². The van der Waals surface area contributed by atoms with E-state index in [0.29, 0.717) is 0 Å².